The summed E-state index contributed by atoms with van der Waals surface area (Å²) in [7, 11) is 0. The fourth-order valence-corrected chi connectivity index (χ4v) is 6.62. The molecule has 2 fully saturated rings. The van der Waals surface area contributed by atoms with Gasteiger partial charge in [-0.15, -0.1) is 0 Å². The Hall–Kier alpha value is -2.94. The van der Waals surface area contributed by atoms with Crippen LogP contribution in [-0.4, -0.2) is 83.3 Å². The number of hydrogen-bond donors (Lipinski definition) is 2. The van der Waals surface area contributed by atoms with Gasteiger partial charge in [0.15, 0.2) is 0 Å². The summed E-state index contributed by atoms with van der Waals surface area (Å²) < 4.78 is 0. The van der Waals surface area contributed by atoms with Crippen LogP contribution in [-0.2, 0) is 20.8 Å². The van der Waals surface area contributed by atoms with E-state index in [0.717, 1.165) is 56.4 Å². The minimum atomic E-state index is -0.684. The summed E-state index contributed by atoms with van der Waals surface area (Å²) in [6.07, 6.45) is 4.26. The van der Waals surface area contributed by atoms with Crippen molar-refractivity contribution >= 4 is 29.3 Å². The molecule has 3 amide bonds. The first-order valence-corrected chi connectivity index (χ1v) is 16.1. The quantitative estimate of drug-likeness (QED) is 0.393. The molecule has 8 nitrogen and oxygen atoms in total. The number of nitrogens with zero attached hydrogens (tertiary/aromatic N) is 3. The number of benzene rings is 2. The van der Waals surface area contributed by atoms with Crippen molar-refractivity contribution in [2.24, 2.45) is 11.7 Å². The van der Waals surface area contributed by atoms with E-state index in [1.54, 1.807) is 19.1 Å². The first-order chi connectivity index (χ1) is 20.6. The second-order valence-corrected chi connectivity index (χ2v) is 13.0. The summed E-state index contributed by atoms with van der Waals surface area (Å²) in [4.78, 5) is 45.4. The maximum atomic E-state index is 13.9. The SMILES string of the molecule is CC(=O)N1CCC(N(CC(C)C)C2CCN(C(=O)[C@@H](Cc3ccc(Cl)cc3)NC(=O)C[C@H](N)c3ccccc3)CC2)CC1. The van der Waals surface area contributed by atoms with E-state index in [-0.39, 0.29) is 24.1 Å². The highest BCUT2D eigenvalue weighted by molar-refractivity contribution is 6.30. The minimum Gasteiger partial charge on any atom is -0.344 e. The van der Waals surface area contributed by atoms with Gasteiger partial charge in [-0.2, -0.15) is 0 Å². The Balaban J connectivity index is 1.40. The van der Waals surface area contributed by atoms with E-state index in [1.165, 1.54) is 0 Å². The highest BCUT2D eigenvalue weighted by Crippen LogP contribution is 2.26. The first kappa shape index (κ1) is 33.0. The van der Waals surface area contributed by atoms with Crippen molar-refractivity contribution in [3.8, 4) is 0 Å². The van der Waals surface area contributed by atoms with Crippen molar-refractivity contribution in [2.75, 3.05) is 32.7 Å². The third-order valence-corrected chi connectivity index (χ3v) is 9.07. The van der Waals surface area contributed by atoms with Crippen LogP contribution in [0.15, 0.2) is 54.6 Å². The largest absolute Gasteiger partial charge is 0.344 e. The smallest absolute Gasteiger partial charge is 0.245 e. The number of likely N-dealkylation sites (tertiary alicyclic amines) is 2. The molecular weight excluding hydrogens is 562 g/mol. The normalized spacial score (nSPS) is 18.1. The molecule has 0 spiro atoms. The van der Waals surface area contributed by atoms with Crippen LogP contribution < -0.4 is 11.1 Å². The van der Waals surface area contributed by atoms with Crippen LogP contribution in [0.4, 0.5) is 0 Å². The van der Waals surface area contributed by atoms with Crippen molar-refractivity contribution in [2.45, 2.75) is 83.5 Å². The molecule has 2 aromatic carbocycles. The zero-order valence-electron chi connectivity index (χ0n) is 25.9. The predicted molar refractivity (Wildman–Crippen MR) is 171 cm³/mol. The van der Waals surface area contributed by atoms with Gasteiger partial charge in [-0.1, -0.05) is 67.9 Å². The Bertz CT molecular complexity index is 1190. The third-order valence-electron chi connectivity index (χ3n) is 8.82. The molecule has 0 saturated carbocycles. The van der Waals surface area contributed by atoms with E-state index in [9.17, 15) is 14.4 Å². The van der Waals surface area contributed by atoms with Gasteiger partial charge >= 0.3 is 0 Å². The van der Waals surface area contributed by atoms with Crippen molar-refractivity contribution in [3.05, 3.63) is 70.7 Å². The summed E-state index contributed by atoms with van der Waals surface area (Å²) in [6, 6.07) is 16.7. The van der Waals surface area contributed by atoms with Gasteiger partial charge in [0.25, 0.3) is 0 Å². The van der Waals surface area contributed by atoms with E-state index in [0.29, 0.717) is 42.5 Å². The van der Waals surface area contributed by atoms with Gasteiger partial charge < -0.3 is 20.9 Å². The van der Waals surface area contributed by atoms with Crippen LogP contribution in [0.1, 0.15) is 70.0 Å². The fraction of sp³-hybridized carbons (Fsp3) is 0.559. The van der Waals surface area contributed by atoms with Gasteiger partial charge in [0.05, 0.1) is 0 Å². The molecule has 2 saturated heterocycles. The van der Waals surface area contributed by atoms with Gasteiger partial charge in [-0.3, -0.25) is 19.3 Å². The highest BCUT2D eigenvalue weighted by atomic mass is 35.5. The molecule has 234 valence electrons. The molecule has 0 aliphatic carbocycles. The Morgan fingerprint density at radius 3 is 2.00 bits per heavy atom. The molecule has 4 rings (SSSR count). The van der Waals surface area contributed by atoms with Crippen molar-refractivity contribution in [1.82, 2.24) is 20.0 Å². The number of carbonyl (C=O) groups is 3. The van der Waals surface area contributed by atoms with Crippen molar-refractivity contribution in [3.63, 3.8) is 0 Å². The topological polar surface area (TPSA) is 99.0 Å². The molecule has 2 aliphatic heterocycles. The van der Waals surface area contributed by atoms with Gasteiger partial charge in [-0.05, 0) is 54.9 Å². The van der Waals surface area contributed by atoms with Crippen LogP contribution in [0.25, 0.3) is 0 Å². The van der Waals surface area contributed by atoms with Crippen LogP contribution in [0, 0.1) is 5.92 Å². The monoisotopic (exact) mass is 609 g/mol. The maximum Gasteiger partial charge on any atom is 0.245 e. The number of rotatable bonds is 11. The summed E-state index contributed by atoms with van der Waals surface area (Å²) in [5.41, 5.74) is 8.15. The van der Waals surface area contributed by atoms with E-state index in [2.05, 4.69) is 24.1 Å². The lowest BCUT2D eigenvalue weighted by molar-refractivity contribution is -0.138. The number of nitrogens with one attached hydrogen (secondary N) is 1. The van der Waals surface area contributed by atoms with Crippen LogP contribution in [0.5, 0.6) is 0 Å². The average molecular weight is 610 g/mol. The zero-order chi connectivity index (χ0) is 30.9. The molecule has 3 N–H and O–H groups in total. The number of piperidine rings is 2. The molecule has 0 radical (unpaired) electrons. The van der Waals surface area contributed by atoms with Crippen molar-refractivity contribution < 1.29 is 14.4 Å². The average Bonchev–Trinajstić information content (AvgIpc) is 3.00. The molecular formula is C34H48ClN5O3. The van der Waals surface area contributed by atoms with Crippen LogP contribution >= 0.6 is 11.6 Å². The van der Waals surface area contributed by atoms with Gasteiger partial charge in [-0.25, -0.2) is 0 Å². The van der Waals surface area contributed by atoms with E-state index in [1.807, 2.05) is 52.3 Å². The lowest BCUT2D eigenvalue weighted by Crippen LogP contribution is -2.56. The third kappa shape index (κ3) is 9.52. The molecule has 2 heterocycles. The van der Waals surface area contributed by atoms with Crippen molar-refractivity contribution in [1.29, 1.82) is 0 Å². The Kier molecular flexibility index (Phi) is 12.0. The molecule has 2 aromatic rings. The number of amides is 3. The Labute approximate surface area is 261 Å². The van der Waals surface area contributed by atoms with Crippen LogP contribution in [0.2, 0.25) is 5.02 Å². The maximum absolute atomic E-state index is 13.9. The standard InChI is InChI=1S/C34H48ClN5O3/c1-24(2)23-40(29-13-17-38(18-14-29)25(3)41)30-15-19-39(20-16-30)34(43)32(21-26-9-11-28(35)12-10-26)37-33(42)22-31(36)27-7-5-4-6-8-27/h4-12,24,29-32H,13-23,36H2,1-3H3,(H,37,42)/t31-,32+/m0/s1. The summed E-state index contributed by atoms with van der Waals surface area (Å²) >= 11 is 6.10. The second kappa shape index (κ2) is 15.7. The van der Waals surface area contributed by atoms with Gasteiger partial charge in [0.1, 0.15) is 6.04 Å². The summed E-state index contributed by atoms with van der Waals surface area (Å²) in [5.74, 6) is 0.397. The summed E-state index contributed by atoms with van der Waals surface area (Å²) in [5, 5.41) is 3.65. The lowest BCUT2D eigenvalue weighted by Gasteiger charge is -2.46. The Morgan fingerprint density at radius 2 is 1.47 bits per heavy atom. The van der Waals surface area contributed by atoms with Gasteiger partial charge in [0.2, 0.25) is 17.7 Å². The predicted octanol–water partition coefficient (Wildman–Crippen LogP) is 4.42. The highest BCUT2D eigenvalue weighted by Gasteiger charge is 2.35. The Morgan fingerprint density at radius 1 is 0.907 bits per heavy atom. The molecule has 2 atom stereocenters. The molecule has 0 bridgehead atoms. The molecule has 9 heteroatoms. The van der Waals surface area contributed by atoms with E-state index in [4.69, 9.17) is 17.3 Å². The van der Waals surface area contributed by atoms with E-state index < -0.39 is 12.1 Å². The molecule has 2 aliphatic rings. The first-order valence-electron chi connectivity index (χ1n) is 15.7. The number of hydrogen-bond acceptors (Lipinski definition) is 5. The molecule has 0 unspecified atom stereocenters. The minimum absolute atomic E-state index is 0.0554. The second-order valence-electron chi connectivity index (χ2n) is 12.6. The zero-order valence-corrected chi connectivity index (χ0v) is 26.6. The van der Waals surface area contributed by atoms with Gasteiger partial charge in [0, 0.05) is 75.6 Å². The summed E-state index contributed by atoms with van der Waals surface area (Å²) in [6.45, 7) is 10.1. The fourth-order valence-electron chi connectivity index (χ4n) is 6.50. The number of carbonyl (C=O) groups excluding carboxylic acids is 3. The molecule has 0 aromatic heterocycles. The number of nitrogens with two attached hydrogens (primary N) is 1. The van der Waals surface area contributed by atoms with E-state index >= 15 is 0 Å². The van der Waals surface area contributed by atoms with Crippen LogP contribution in [0.3, 0.4) is 0 Å². The molecule has 43 heavy (non-hydrogen) atoms. The lowest BCUT2D eigenvalue weighted by atomic mass is 9.94. The number of halogens is 1.